The summed E-state index contributed by atoms with van der Waals surface area (Å²) < 4.78 is 1.96. The number of aliphatic hydroxyl groups excluding tert-OH is 1. The van der Waals surface area contributed by atoms with Crippen LogP contribution in [0.2, 0.25) is 0 Å². The maximum absolute atomic E-state index is 9.17. The number of nitrogen functional groups attached to an aromatic ring is 1. The Morgan fingerprint density at radius 3 is 2.85 bits per heavy atom. The molecule has 0 aliphatic rings. The van der Waals surface area contributed by atoms with Crippen LogP contribution in [0.3, 0.4) is 0 Å². The molecule has 2 aromatic rings. The van der Waals surface area contributed by atoms with Crippen molar-refractivity contribution in [1.29, 1.82) is 0 Å². The highest BCUT2D eigenvalue weighted by atomic mass is 35.5. The molecule has 0 unspecified atom stereocenters. The van der Waals surface area contributed by atoms with Crippen LogP contribution in [-0.4, -0.2) is 37.9 Å². The minimum Gasteiger partial charge on any atom is -0.395 e. The predicted octanol–water partition coefficient (Wildman–Crippen LogP) is 1.36. The summed E-state index contributed by atoms with van der Waals surface area (Å²) in [6.45, 7) is 5.16. The first-order valence-corrected chi connectivity index (χ1v) is 7.08. The largest absolute Gasteiger partial charge is 0.395 e. The molecular formula is C12H20ClN5OS. The smallest absolute Gasteiger partial charge is 0.180 e. The zero-order valence-electron chi connectivity index (χ0n) is 11.4. The maximum Gasteiger partial charge on any atom is 0.180 e. The van der Waals surface area contributed by atoms with Gasteiger partial charge in [0, 0.05) is 43.4 Å². The lowest BCUT2D eigenvalue weighted by Gasteiger charge is -2.20. The van der Waals surface area contributed by atoms with E-state index in [0.717, 1.165) is 30.2 Å². The minimum absolute atomic E-state index is 0. The van der Waals surface area contributed by atoms with Gasteiger partial charge >= 0.3 is 0 Å². The monoisotopic (exact) mass is 317 g/mol. The number of aromatic nitrogens is 3. The lowest BCUT2D eigenvalue weighted by Crippen LogP contribution is -2.27. The number of anilines is 1. The molecule has 3 N–H and O–H groups in total. The fourth-order valence-corrected chi connectivity index (χ4v) is 2.71. The van der Waals surface area contributed by atoms with Crippen molar-refractivity contribution in [2.75, 3.05) is 18.9 Å². The first kappa shape index (κ1) is 16.9. The number of nitrogens with two attached hydrogens (primary N) is 1. The average Bonchev–Trinajstić information content (AvgIpc) is 2.99. The topological polar surface area (TPSA) is 80.2 Å². The van der Waals surface area contributed by atoms with E-state index in [1.807, 2.05) is 10.7 Å². The van der Waals surface area contributed by atoms with E-state index in [1.165, 1.54) is 11.3 Å². The molecule has 0 amide bonds. The minimum atomic E-state index is 0. The van der Waals surface area contributed by atoms with Crippen molar-refractivity contribution in [1.82, 2.24) is 19.7 Å². The van der Waals surface area contributed by atoms with E-state index in [4.69, 9.17) is 5.73 Å². The molecule has 0 saturated carbocycles. The van der Waals surface area contributed by atoms with Gasteiger partial charge in [0.05, 0.1) is 12.3 Å². The Morgan fingerprint density at radius 2 is 2.25 bits per heavy atom. The van der Waals surface area contributed by atoms with Gasteiger partial charge < -0.3 is 10.8 Å². The first-order valence-electron chi connectivity index (χ1n) is 6.27. The lowest BCUT2D eigenvalue weighted by molar-refractivity contribution is 0.182. The van der Waals surface area contributed by atoms with Gasteiger partial charge in [-0.1, -0.05) is 0 Å². The van der Waals surface area contributed by atoms with Crippen molar-refractivity contribution in [3.63, 3.8) is 0 Å². The fraction of sp³-hybridized carbons (Fsp3) is 0.500. The zero-order chi connectivity index (χ0) is 13.7. The number of nitrogens with zero attached hydrogens (tertiary/aromatic N) is 4. The summed E-state index contributed by atoms with van der Waals surface area (Å²) in [6, 6.07) is 2.01. The number of aliphatic hydroxyl groups is 1. The van der Waals surface area contributed by atoms with Crippen LogP contribution in [0.5, 0.6) is 0 Å². The number of thiazole rings is 1. The van der Waals surface area contributed by atoms with Crippen LogP contribution in [-0.2, 0) is 19.6 Å². The van der Waals surface area contributed by atoms with Gasteiger partial charge in [-0.2, -0.15) is 5.10 Å². The summed E-state index contributed by atoms with van der Waals surface area (Å²) in [5.74, 6) is 0. The third kappa shape index (κ3) is 4.45. The van der Waals surface area contributed by atoms with Gasteiger partial charge in [0.15, 0.2) is 5.13 Å². The third-order valence-electron chi connectivity index (χ3n) is 2.86. The standard InChI is InChI=1S/C12H19N5OS.ClH/c1-2-17-10(3-4-15-17)8-16(5-6-18)9-11-7-14-12(13)19-11;/h3-4,7,18H,2,5-6,8-9H2,1H3,(H2,13,14);1H. The SMILES string of the molecule is CCn1nccc1CN(CCO)Cc1cnc(N)s1.Cl. The van der Waals surface area contributed by atoms with Crippen LogP contribution in [0.15, 0.2) is 18.5 Å². The molecule has 2 heterocycles. The van der Waals surface area contributed by atoms with Crippen molar-refractivity contribution in [2.24, 2.45) is 0 Å². The molecule has 0 bridgehead atoms. The first-order chi connectivity index (χ1) is 9.22. The van der Waals surface area contributed by atoms with Crippen molar-refractivity contribution < 1.29 is 5.11 Å². The van der Waals surface area contributed by atoms with Gasteiger partial charge in [-0.3, -0.25) is 9.58 Å². The molecule has 2 rings (SSSR count). The van der Waals surface area contributed by atoms with E-state index >= 15 is 0 Å². The van der Waals surface area contributed by atoms with Gasteiger partial charge in [0.25, 0.3) is 0 Å². The van der Waals surface area contributed by atoms with Crippen LogP contribution >= 0.6 is 23.7 Å². The normalized spacial score (nSPS) is 10.8. The summed E-state index contributed by atoms with van der Waals surface area (Å²) in [7, 11) is 0. The quantitative estimate of drug-likeness (QED) is 0.806. The van der Waals surface area contributed by atoms with Gasteiger partial charge in [0.1, 0.15) is 0 Å². The molecule has 2 aromatic heterocycles. The molecule has 0 aromatic carbocycles. The maximum atomic E-state index is 9.17. The van der Waals surface area contributed by atoms with Gasteiger partial charge in [-0.25, -0.2) is 4.98 Å². The van der Waals surface area contributed by atoms with E-state index < -0.39 is 0 Å². The van der Waals surface area contributed by atoms with E-state index in [1.54, 1.807) is 12.4 Å². The summed E-state index contributed by atoms with van der Waals surface area (Å²) in [5.41, 5.74) is 6.78. The Morgan fingerprint density at radius 1 is 1.45 bits per heavy atom. The van der Waals surface area contributed by atoms with E-state index in [2.05, 4.69) is 21.9 Å². The predicted molar refractivity (Wildman–Crippen MR) is 82.9 cm³/mol. The second-order valence-corrected chi connectivity index (χ2v) is 5.38. The summed E-state index contributed by atoms with van der Waals surface area (Å²) in [6.07, 6.45) is 3.60. The summed E-state index contributed by atoms with van der Waals surface area (Å²) >= 11 is 1.49. The summed E-state index contributed by atoms with van der Waals surface area (Å²) in [5, 5.41) is 14.0. The number of hydrogen-bond donors (Lipinski definition) is 2. The van der Waals surface area contributed by atoms with Gasteiger partial charge in [-0.05, 0) is 13.0 Å². The lowest BCUT2D eigenvalue weighted by atomic mass is 10.3. The molecule has 0 aliphatic carbocycles. The second kappa shape index (κ2) is 8.21. The van der Waals surface area contributed by atoms with E-state index in [0.29, 0.717) is 11.7 Å². The van der Waals surface area contributed by atoms with E-state index in [9.17, 15) is 5.11 Å². The molecule has 0 atom stereocenters. The van der Waals surface area contributed by atoms with Gasteiger partial charge in [0.2, 0.25) is 0 Å². The van der Waals surface area contributed by atoms with Crippen molar-refractivity contribution in [3.8, 4) is 0 Å². The highest BCUT2D eigenvalue weighted by molar-refractivity contribution is 7.15. The zero-order valence-corrected chi connectivity index (χ0v) is 13.0. The number of halogens is 1. The molecular weight excluding hydrogens is 298 g/mol. The summed E-state index contributed by atoms with van der Waals surface area (Å²) in [4.78, 5) is 7.32. The molecule has 0 spiro atoms. The van der Waals surface area contributed by atoms with Crippen LogP contribution in [0.4, 0.5) is 5.13 Å². The van der Waals surface area contributed by atoms with Crippen molar-refractivity contribution in [3.05, 3.63) is 29.0 Å². The Bertz CT molecular complexity index is 515. The molecule has 112 valence electrons. The van der Waals surface area contributed by atoms with Crippen LogP contribution in [0.1, 0.15) is 17.5 Å². The fourth-order valence-electron chi connectivity index (χ4n) is 1.98. The molecule has 8 heteroatoms. The number of rotatable bonds is 7. The van der Waals surface area contributed by atoms with Crippen molar-refractivity contribution in [2.45, 2.75) is 26.6 Å². The average molecular weight is 318 g/mol. The molecule has 0 saturated heterocycles. The second-order valence-electron chi connectivity index (χ2n) is 4.24. The Balaban J connectivity index is 0.00000200. The molecule has 6 nitrogen and oxygen atoms in total. The van der Waals surface area contributed by atoms with Crippen LogP contribution in [0, 0.1) is 0 Å². The van der Waals surface area contributed by atoms with Crippen LogP contribution in [0.25, 0.3) is 0 Å². The van der Waals surface area contributed by atoms with Crippen molar-refractivity contribution >= 4 is 28.9 Å². The third-order valence-corrected chi connectivity index (χ3v) is 3.67. The Labute approximate surface area is 128 Å². The van der Waals surface area contributed by atoms with E-state index in [-0.39, 0.29) is 19.0 Å². The Hall–Kier alpha value is -1.15. The molecule has 0 radical (unpaired) electrons. The number of aryl methyl sites for hydroxylation is 1. The Kier molecular flexibility index (Phi) is 6.94. The molecule has 20 heavy (non-hydrogen) atoms. The number of hydrogen-bond acceptors (Lipinski definition) is 6. The highest BCUT2D eigenvalue weighted by Crippen LogP contribution is 2.17. The molecule has 0 aliphatic heterocycles. The van der Waals surface area contributed by atoms with Crippen LogP contribution < -0.4 is 5.73 Å². The highest BCUT2D eigenvalue weighted by Gasteiger charge is 2.11. The molecule has 0 fully saturated rings. The van der Waals surface area contributed by atoms with Gasteiger partial charge in [-0.15, -0.1) is 23.7 Å².